The van der Waals surface area contributed by atoms with Gasteiger partial charge in [0.15, 0.2) is 5.78 Å². The van der Waals surface area contributed by atoms with Crippen LogP contribution in [-0.2, 0) is 6.42 Å². The van der Waals surface area contributed by atoms with Crippen LogP contribution in [0.1, 0.15) is 21.0 Å². The molecule has 3 heteroatoms. The summed E-state index contributed by atoms with van der Waals surface area (Å²) in [5, 5.41) is 4.12. The van der Waals surface area contributed by atoms with E-state index >= 15 is 0 Å². The number of hydrogen-bond acceptors (Lipinski definition) is 3. The van der Waals surface area contributed by atoms with Gasteiger partial charge in [-0.15, -0.1) is 22.7 Å². The lowest BCUT2D eigenvalue weighted by molar-refractivity contribution is 0.0988. The van der Waals surface area contributed by atoms with E-state index in [-0.39, 0.29) is 0 Å². The van der Waals surface area contributed by atoms with Crippen molar-refractivity contribution in [2.24, 2.45) is 0 Å². The minimum Gasteiger partial charge on any atom is -0.293 e. The third-order valence-corrected chi connectivity index (χ3v) is 4.47. The number of thiophene rings is 2. The molecule has 70 valence electrons. The van der Waals surface area contributed by atoms with Crippen LogP contribution in [0.15, 0.2) is 22.9 Å². The average Bonchev–Trinajstić information content (AvgIpc) is 2.80. The second-order valence-electron chi connectivity index (χ2n) is 3.34. The van der Waals surface area contributed by atoms with E-state index in [0.29, 0.717) is 12.2 Å². The van der Waals surface area contributed by atoms with Crippen molar-refractivity contribution in [3.8, 4) is 11.1 Å². The predicted octanol–water partition coefficient (Wildman–Crippen LogP) is 3.61. The van der Waals surface area contributed by atoms with Gasteiger partial charge >= 0.3 is 0 Å². The fourth-order valence-electron chi connectivity index (χ4n) is 1.85. The zero-order valence-electron chi connectivity index (χ0n) is 7.45. The van der Waals surface area contributed by atoms with Crippen molar-refractivity contribution in [1.29, 1.82) is 0 Å². The maximum absolute atomic E-state index is 11.7. The summed E-state index contributed by atoms with van der Waals surface area (Å²) in [5.74, 6) is 0.304. The Kier molecular flexibility index (Phi) is 1.82. The number of carbonyl (C=O) groups excluding carboxylic acids is 1. The van der Waals surface area contributed by atoms with E-state index in [1.54, 1.807) is 22.7 Å². The molecule has 1 aliphatic carbocycles. The highest BCUT2D eigenvalue weighted by Gasteiger charge is 2.21. The molecule has 0 atom stereocenters. The molecule has 0 N–H and O–H groups in total. The molecule has 14 heavy (non-hydrogen) atoms. The fourth-order valence-corrected chi connectivity index (χ4v) is 3.62. The van der Waals surface area contributed by atoms with Crippen LogP contribution < -0.4 is 0 Å². The Morgan fingerprint density at radius 3 is 2.71 bits per heavy atom. The summed E-state index contributed by atoms with van der Waals surface area (Å²) in [6.07, 6.45) is 1.58. The first-order valence-electron chi connectivity index (χ1n) is 4.53. The molecule has 0 saturated heterocycles. The Hall–Kier alpha value is -0.930. The van der Waals surface area contributed by atoms with Crippen LogP contribution in [0.4, 0.5) is 0 Å². The van der Waals surface area contributed by atoms with Crippen molar-refractivity contribution in [2.75, 3.05) is 0 Å². The van der Waals surface area contributed by atoms with Crippen LogP contribution in [0.5, 0.6) is 0 Å². The van der Waals surface area contributed by atoms with Crippen LogP contribution in [0, 0.1) is 0 Å². The largest absolute Gasteiger partial charge is 0.293 e. The molecule has 2 aromatic heterocycles. The van der Waals surface area contributed by atoms with Crippen LogP contribution in [0.2, 0.25) is 0 Å². The summed E-state index contributed by atoms with van der Waals surface area (Å²) in [4.78, 5) is 14.1. The maximum Gasteiger partial charge on any atom is 0.173 e. The molecule has 0 unspecified atom stereocenters. The van der Waals surface area contributed by atoms with Crippen LogP contribution in [0.25, 0.3) is 11.1 Å². The van der Waals surface area contributed by atoms with Gasteiger partial charge in [0.1, 0.15) is 0 Å². The second kappa shape index (κ2) is 3.04. The smallest absolute Gasteiger partial charge is 0.173 e. The Morgan fingerprint density at radius 2 is 1.79 bits per heavy atom. The van der Waals surface area contributed by atoms with Gasteiger partial charge in [-0.25, -0.2) is 0 Å². The third kappa shape index (κ3) is 1.09. The molecule has 0 spiro atoms. The third-order valence-electron chi connectivity index (χ3n) is 2.53. The molecule has 0 amide bonds. The maximum atomic E-state index is 11.7. The SMILES string of the molecule is O=C1CCc2sccc2-c2ccsc21. The highest BCUT2D eigenvalue weighted by molar-refractivity contribution is 7.13. The highest BCUT2D eigenvalue weighted by atomic mass is 32.1. The monoisotopic (exact) mass is 220 g/mol. The zero-order valence-corrected chi connectivity index (χ0v) is 9.08. The molecule has 0 aromatic carbocycles. The molecule has 2 aromatic rings. The number of carbonyl (C=O) groups is 1. The molecule has 0 fully saturated rings. The standard InChI is InChI=1S/C11H8OS2/c12-9-1-2-10-7(3-5-13-10)8-4-6-14-11(8)9/h3-6H,1-2H2. The normalized spacial score (nSPS) is 14.7. The molecule has 0 aliphatic heterocycles. The molecule has 0 saturated carbocycles. The lowest BCUT2D eigenvalue weighted by Crippen LogP contribution is -1.95. The molecular formula is C11H8OS2. The predicted molar refractivity (Wildman–Crippen MR) is 60.3 cm³/mol. The zero-order chi connectivity index (χ0) is 9.54. The van der Waals surface area contributed by atoms with Crippen molar-refractivity contribution in [3.63, 3.8) is 0 Å². The summed E-state index contributed by atoms with van der Waals surface area (Å²) in [5.41, 5.74) is 2.42. The number of rotatable bonds is 0. The van der Waals surface area contributed by atoms with Crippen LogP contribution in [-0.4, -0.2) is 5.78 Å². The Bertz CT molecular complexity index is 493. The van der Waals surface area contributed by atoms with Gasteiger partial charge in [0, 0.05) is 16.9 Å². The number of ketones is 1. The number of Topliss-reactive ketones (excluding diaryl/α,β-unsaturated/α-hetero) is 1. The van der Waals surface area contributed by atoms with Crippen molar-refractivity contribution < 1.29 is 4.79 Å². The van der Waals surface area contributed by atoms with E-state index in [9.17, 15) is 4.79 Å². The number of aryl methyl sites for hydroxylation is 1. The topological polar surface area (TPSA) is 17.1 Å². The molecule has 1 nitrogen and oxygen atoms in total. The van der Waals surface area contributed by atoms with E-state index in [0.717, 1.165) is 16.9 Å². The van der Waals surface area contributed by atoms with Gasteiger partial charge in [-0.3, -0.25) is 4.79 Å². The first-order valence-corrected chi connectivity index (χ1v) is 6.29. The molecule has 0 radical (unpaired) electrons. The van der Waals surface area contributed by atoms with Crippen LogP contribution in [0.3, 0.4) is 0 Å². The number of hydrogen-bond donors (Lipinski definition) is 0. The Balaban J connectivity index is 2.31. The van der Waals surface area contributed by atoms with Gasteiger partial charge in [0.05, 0.1) is 4.88 Å². The van der Waals surface area contributed by atoms with Crippen LogP contribution >= 0.6 is 22.7 Å². The van der Waals surface area contributed by atoms with Gasteiger partial charge in [-0.1, -0.05) is 0 Å². The molecular weight excluding hydrogens is 212 g/mol. The quantitative estimate of drug-likeness (QED) is 0.663. The van der Waals surface area contributed by atoms with Crippen molar-refractivity contribution in [3.05, 3.63) is 32.6 Å². The Morgan fingerprint density at radius 1 is 1.00 bits per heavy atom. The Labute approximate surface area is 90.0 Å². The summed E-state index contributed by atoms with van der Waals surface area (Å²) in [6.45, 7) is 0. The lowest BCUT2D eigenvalue weighted by Gasteiger charge is -1.96. The van der Waals surface area contributed by atoms with Gasteiger partial charge in [-0.2, -0.15) is 0 Å². The van der Waals surface area contributed by atoms with E-state index in [2.05, 4.69) is 17.5 Å². The summed E-state index contributed by atoms with van der Waals surface area (Å²) >= 11 is 3.33. The fraction of sp³-hybridized carbons (Fsp3) is 0.182. The highest BCUT2D eigenvalue weighted by Crippen LogP contribution is 2.37. The van der Waals surface area contributed by atoms with E-state index in [1.807, 2.05) is 5.38 Å². The van der Waals surface area contributed by atoms with E-state index in [1.165, 1.54) is 10.4 Å². The first-order chi connectivity index (χ1) is 6.86. The molecule has 3 rings (SSSR count). The first kappa shape index (κ1) is 8.38. The minimum absolute atomic E-state index is 0.304. The van der Waals surface area contributed by atoms with Gasteiger partial charge in [0.25, 0.3) is 0 Å². The molecule has 0 bridgehead atoms. The lowest BCUT2D eigenvalue weighted by atomic mass is 10.1. The van der Waals surface area contributed by atoms with Gasteiger partial charge in [0.2, 0.25) is 0 Å². The summed E-state index contributed by atoms with van der Waals surface area (Å²) < 4.78 is 0. The van der Waals surface area contributed by atoms with Crippen molar-refractivity contribution in [2.45, 2.75) is 12.8 Å². The summed E-state index contributed by atoms with van der Waals surface area (Å²) in [6, 6.07) is 4.19. The molecule has 2 heterocycles. The average molecular weight is 220 g/mol. The summed E-state index contributed by atoms with van der Waals surface area (Å²) in [7, 11) is 0. The van der Waals surface area contributed by atoms with E-state index < -0.39 is 0 Å². The second-order valence-corrected chi connectivity index (χ2v) is 5.26. The van der Waals surface area contributed by atoms with E-state index in [4.69, 9.17) is 0 Å². The van der Waals surface area contributed by atoms with Crippen molar-refractivity contribution in [1.82, 2.24) is 0 Å². The van der Waals surface area contributed by atoms with Crippen molar-refractivity contribution >= 4 is 28.5 Å². The van der Waals surface area contributed by atoms with Gasteiger partial charge < -0.3 is 0 Å². The molecule has 1 aliphatic rings. The minimum atomic E-state index is 0.304. The number of fused-ring (bicyclic) bond motifs is 3. The van der Waals surface area contributed by atoms with Gasteiger partial charge in [-0.05, 0) is 34.9 Å².